The molecule has 4 atom stereocenters. The standard InChI is InChI=1S/C13H22N2O2/c16-13(15-8-10-4-2-6-17-10)12-11-5-1-3-9(11)7-14-12/h9-12,14H,1-8H2,(H,15,16). The van der Waals surface area contributed by atoms with E-state index in [0.29, 0.717) is 12.5 Å². The van der Waals surface area contributed by atoms with Crippen LogP contribution in [0.1, 0.15) is 32.1 Å². The van der Waals surface area contributed by atoms with Crippen LogP contribution in [0.2, 0.25) is 0 Å². The van der Waals surface area contributed by atoms with Gasteiger partial charge in [-0.15, -0.1) is 0 Å². The molecule has 0 bridgehead atoms. The Morgan fingerprint density at radius 3 is 3.06 bits per heavy atom. The number of nitrogens with one attached hydrogen (secondary N) is 2. The number of rotatable bonds is 3. The summed E-state index contributed by atoms with van der Waals surface area (Å²) >= 11 is 0. The molecule has 4 heteroatoms. The van der Waals surface area contributed by atoms with E-state index < -0.39 is 0 Å². The summed E-state index contributed by atoms with van der Waals surface area (Å²) in [6.07, 6.45) is 6.28. The Bertz CT molecular complexity index is 289. The Morgan fingerprint density at radius 2 is 2.24 bits per heavy atom. The number of ether oxygens (including phenoxy) is 1. The summed E-state index contributed by atoms with van der Waals surface area (Å²) in [5.41, 5.74) is 0. The van der Waals surface area contributed by atoms with E-state index in [1.165, 1.54) is 19.3 Å². The van der Waals surface area contributed by atoms with Gasteiger partial charge < -0.3 is 15.4 Å². The van der Waals surface area contributed by atoms with Gasteiger partial charge >= 0.3 is 0 Å². The highest BCUT2D eigenvalue weighted by atomic mass is 16.5. The molecule has 2 aliphatic heterocycles. The summed E-state index contributed by atoms with van der Waals surface area (Å²) < 4.78 is 5.52. The van der Waals surface area contributed by atoms with Crippen molar-refractivity contribution in [1.82, 2.24) is 10.6 Å². The first kappa shape index (κ1) is 11.5. The van der Waals surface area contributed by atoms with Crippen LogP contribution in [0.4, 0.5) is 0 Å². The third-order valence-electron chi connectivity index (χ3n) is 4.56. The van der Waals surface area contributed by atoms with Crippen LogP contribution in [-0.4, -0.2) is 37.7 Å². The van der Waals surface area contributed by atoms with Crippen LogP contribution in [0.5, 0.6) is 0 Å². The van der Waals surface area contributed by atoms with Crippen molar-refractivity contribution in [3.63, 3.8) is 0 Å². The monoisotopic (exact) mass is 238 g/mol. The molecule has 0 aromatic rings. The maximum absolute atomic E-state index is 12.1. The molecule has 2 saturated heterocycles. The average molecular weight is 238 g/mol. The van der Waals surface area contributed by atoms with Gasteiger partial charge in [-0.3, -0.25) is 4.79 Å². The van der Waals surface area contributed by atoms with Crippen molar-refractivity contribution >= 4 is 5.91 Å². The lowest BCUT2D eigenvalue weighted by Crippen LogP contribution is -2.45. The molecule has 2 N–H and O–H groups in total. The van der Waals surface area contributed by atoms with Crippen LogP contribution in [0.3, 0.4) is 0 Å². The highest BCUT2D eigenvalue weighted by Crippen LogP contribution is 2.37. The average Bonchev–Trinajstić information content (AvgIpc) is 3.02. The molecule has 3 aliphatic rings. The van der Waals surface area contributed by atoms with Gasteiger partial charge in [0, 0.05) is 13.2 Å². The number of carbonyl (C=O) groups excluding carboxylic acids is 1. The second-order valence-electron chi connectivity index (χ2n) is 5.62. The molecule has 3 fully saturated rings. The fourth-order valence-electron chi connectivity index (χ4n) is 3.60. The molecule has 1 saturated carbocycles. The molecule has 2 heterocycles. The van der Waals surface area contributed by atoms with Gasteiger partial charge in [0.05, 0.1) is 12.1 Å². The smallest absolute Gasteiger partial charge is 0.237 e. The van der Waals surface area contributed by atoms with Gasteiger partial charge in [-0.2, -0.15) is 0 Å². The van der Waals surface area contributed by atoms with Crippen LogP contribution in [0.15, 0.2) is 0 Å². The number of carbonyl (C=O) groups is 1. The van der Waals surface area contributed by atoms with Gasteiger partial charge in [0.1, 0.15) is 0 Å². The van der Waals surface area contributed by atoms with E-state index in [4.69, 9.17) is 4.74 Å². The lowest BCUT2D eigenvalue weighted by atomic mass is 9.93. The lowest BCUT2D eigenvalue weighted by Gasteiger charge is -2.19. The summed E-state index contributed by atoms with van der Waals surface area (Å²) in [5, 5.41) is 6.43. The number of amides is 1. The maximum atomic E-state index is 12.1. The quantitative estimate of drug-likeness (QED) is 0.760. The zero-order valence-electron chi connectivity index (χ0n) is 10.3. The van der Waals surface area contributed by atoms with Gasteiger partial charge in [-0.25, -0.2) is 0 Å². The van der Waals surface area contributed by atoms with Gasteiger partial charge in [-0.05, 0) is 44.1 Å². The van der Waals surface area contributed by atoms with Crippen LogP contribution in [-0.2, 0) is 9.53 Å². The fourth-order valence-corrected chi connectivity index (χ4v) is 3.60. The Kier molecular flexibility index (Phi) is 3.34. The molecule has 0 radical (unpaired) electrons. The van der Waals surface area contributed by atoms with Crippen molar-refractivity contribution in [2.24, 2.45) is 11.8 Å². The zero-order chi connectivity index (χ0) is 11.7. The summed E-state index contributed by atoms with van der Waals surface area (Å²) in [6.45, 7) is 2.57. The predicted octanol–water partition coefficient (Wildman–Crippen LogP) is 0.670. The SMILES string of the molecule is O=C(NCC1CCCO1)C1NCC2CCCC21. The van der Waals surface area contributed by atoms with Crippen LogP contribution >= 0.6 is 0 Å². The molecule has 0 spiro atoms. The van der Waals surface area contributed by atoms with Crippen molar-refractivity contribution in [2.45, 2.75) is 44.2 Å². The van der Waals surface area contributed by atoms with Crippen molar-refractivity contribution in [3.8, 4) is 0 Å². The van der Waals surface area contributed by atoms with E-state index >= 15 is 0 Å². The van der Waals surface area contributed by atoms with Crippen molar-refractivity contribution in [2.75, 3.05) is 19.7 Å². The second kappa shape index (κ2) is 4.94. The topological polar surface area (TPSA) is 50.4 Å². The number of hydrogen-bond acceptors (Lipinski definition) is 3. The van der Waals surface area contributed by atoms with Crippen molar-refractivity contribution in [3.05, 3.63) is 0 Å². The molecule has 3 rings (SSSR count). The Hall–Kier alpha value is -0.610. The lowest BCUT2D eigenvalue weighted by molar-refractivity contribution is -0.124. The van der Waals surface area contributed by atoms with Crippen molar-refractivity contribution < 1.29 is 9.53 Å². The summed E-state index contributed by atoms with van der Waals surface area (Å²) in [4.78, 5) is 12.1. The largest absolute Gasteiger partial charge is 0.376 e. The highest BCUT2D eigenvalue weighted by molar-refractivity contribution is 5.82. The molecule has 17 heavy (non-hydrogen) atoms. The van der Waals surface area contributed by atoms with E-state index in [0.717, 1.165) is 31.9 Å². The molecule has 96 valence electrons. The number of fused-ring (bicyclic) bond motifs is 1. The molecule has 1 amide bonds. The Labute approximate surface area is 102 Å². The van der Waals surface area contributed by atoms with E-state index in [-0.39, 0.29) is 18.1 Å². The molecular weight excluding hydrogens is 216 g/mol. The molecule has 0 aromatic heterocycles. The minimum absolute atomic E-state index is 0.0592. The molecule has 1 aliphatic carbocycles. The maximum Gasteiger partial charge on any atom is 0.237 e. The van der Waals surface area contributed by atoms with Gasteiger partial charge in [0.2, 0.25) is 5.91 Å². The van der Waals surface area contributed by atoms with E-state index in [1.807, 2.05) is 0 Å². The third kappa shape index (κ3) is 2.33. The molecule has 4 nitrogen and oxygen atoms in total. The van der Waals surface area contributed by atoms with E-state index in [1.54, 1.807) is 0 Å². The minimum atomic E-state index is 0.0592. The van der Waals surface area contributed by atoms with Crippen LogP contribution in [0.25, 0.3) is 0 Å². The Balaban J connectivity index is 1.48. The minimum Gasteiger partial charge on any atom is -0.376 e. The third-order valence-corrected chi connectivity index (χ3v) is 4.56. The first-order valence-corrected chi connectivity index (χ1v) is 6.97. The summed E-state index contributed by atoms with van der Waals surface area (Å²) in [7, 11) is 0. The van der Waals surface area contributed by atoms with E-state index in [9.17, 15) is 4.79 Å². The second-order valence-corrected chi connectivity index (χ2v) is 5.62. The predicted molar refractivity (Wildman–Crippen MR) is 64.6 cm³/mol. The summed E-state index contributed by atoms with van der Waals surface area (Å²) in [6, 6.07) is 0.0592. The van der Waals surface area contributed by atoms with Crippen LogP contribution in [0, 0.1) is 11.8 Å². The van der Waals surface area contributed by atoms with E-state index in [2.05, 4.69) is 10.6 Å². The molecule has 0 aromatic carbocycles. The first-order valence-electron chi connectivity index (χ1n) is 6.97. The normalized spacial score (nSPS) is 40.5. The zero-order valence-corrected chi connectivity index (χ0v) is 10.3. The highest BCUT2D eigenvalue weighted by Gasteiger charge is 2.42. The number of hydrogen-bond donors (Lipinski definition) is 2. The summed E-state index contributed by atoms with van der Waals surface area (Å²) in [5.74, 6) is 1.52. The molecular formula is C13H22N2O2. The van der Waals surface area contributed by atoms with Gasteiger partial charge in [-0.1, -0.05) is 6.42 Å². The Morgan fingerprint density at radius 1 is 1.29 bits per heavy atom. The van der Waals surface area contributed by atoms with Crippen LogP contribution < -0.4 is 10.6 Å². The molecule has 4 unspecified atom stereocenters. The van der Waals surface area contributed by atoms with Crippen molar-refractivity contribution in [1.29, 1.82) is 0 Å². The fraction of sp³-hybridized carbons (Fsp3) is 0.923. The van der Waals surface area contributed by atoms with Gasteiger partial charge in [0.25, 0.3) is 0 Å². The first-order chi connectivity index (χ1) is 8.34. The van der Waals surface area contributed by atoms with Gasteiger partial charge in [0.15, 0.2) is 0 Å².